The third-order valence-corrected chi connectivity index (χ3v) is 2.76. The van der Waals surface area contributed by atoms with Crippen LogP contribution in [0.15, 0.2) is 0 Å². The number of aliphatic carboxylic acids is 1. The standard InChI is InChI=1S/C6H10ClNO3S/c1-12-2-4(7)6(8,3-9)5(10)11/h3-4H,2,8H2,1H3,(H,10,11). The van der Waals surface area contributed by atoms with Gasteiger partial charge in [-0.15, -0.1) is 11.6 Å². The molecule has 6 heteroatoms. The van der Waals surface area contributed by atoms with E-state index in [0.29, 0.717) is 5.75 Å². The molecule has 0 aliphatic rings. The van der Waals surface area contributed by atoms with E-state index in [2.05, 4.69) is 0 Å². The van der Waals surface area contributed by atoms with Gasteiger partial charge in [0.2, 0.25) is 0 Å². The lowest BCUT2D eigenvalue weighted by Crippen LogP contribution is -2.57. The third kappa shape index (κ3) is 2.36. The van der Waals surface area contributed by atoms with Gasteiger partial charge in [-0.2, -0.15) is 11.8 Å². The summed E-state index contributed by atoms with van der Waals surface area (Å²) in [5.41, 5.74) is 3.29. The molecule has 2 unspecified atom stereocenters. The first-order valence-corrected chi connectivity index (χ1v) is 4.93. The molecule has 0 aliphatic heterocycles. The second-order valence-electron chi connectivity index (χ2n) is 2.28. The van der Waals surface area contributed by atoms with Crippen molar-refractivity contribution in [3.8, 4) is 0 Å². The van der Waals surface area contributed by atoms with Gasteiger partial charge in [-0.1, -0.05) is 0 Å². The van der Waals surface area contributed by atoms with Gasteiger partial charge in [0.05, 0.1) is 5.38 Å². The Labute approximate surface area is 79.4 Å². The summed E-state index contributed by atoms with van der Waals surface area (Å²) < 4.78 is 0. The van der Waals surface area contributed by atoms with E-state index in [4.69, 9.17) is 22.4 Å². The molecule has 0 saturated heterocycles. The molecule has 0 spiro atoms. The predicted octanol–water partition coefficient (Wildman–Crippen LogP) is -0.0622. The minimum Gasteiger partial charge on any atom is -0.480 e. The zero-order valence-electron chi connectivity index (χ0n) is 6.49. The van der Waals surface area contributed by atoms with Gasteiger partial charge in [0.1, 0.15) is 0 Å². The van der Waals surface area contributed by atoms with Gasteiger partial charge in [0.25, 0.3) is 0 Å². The molecular weight excluding hydrogens is 202 g/mol. The molecule has 70 valence electrons. The number of carboxylic acid groups (broad SMARTS) is 1. The van der Waals surface area contributed by atoms with Crippen LogP contribution in [0.1, 0.15) is 0 Å². The summed E-state index contributed by atoms with van der Waals surface area (Å²) in [5, 5.41) is 7.69. The Kier molecular flexibility index (Phi) is 4.59. The highest BCUT2D eigenvalue weighted by Crippen LogP contribution is 2.16. The van der Waals surface area contributed by atoms with E-state index >= 15 is 0 Å². The molecule has 12 heavy (non-hydrogen) atoms. The van der Waals surface area contributed by atoms with E-state index in [1.165, 1.54) is 11.8 Å². The van der Waals surface area contributed by atoms with Crippen LogP contribution in [-0.4, -0.2) is 40.3 Å². The third-order valence-electron chi connectivity index (χ3n) is 1.40. The molecule has 2 atom stereocenters. The minimum absolute atomic E-state index is 0.170. The highest BCUT2D eigenvalue weighted by atomic mass is 35.5. The fraction of sp³-hybridized carbons (Fsp3) is 0.667. The Morgan fingerprint density at radius 1 is 1.92 bits per heavy atom. The van der Waals surface area contributed by atoms with Crippen molar-refractivity contribution in [1.82, 2.24) is 0 Å². The zero-order chi connectivity index (χ0) is 9.78. The van der Waals surface area contributed by atoms with Crippen LogP contribution in [0.3, 0.4) is 0 Å². The second kappa shape index (κ2) is 4.69. The molecule has 0 amide bonds. The van der Waals surface area contributed by atoms with Crippen LogP contribution in [0.2, 0.25) is 0 Å². The van der Waals surface area contributed by atoms with Crippen LogP contribution in [-0.2, 0) is 9.59 Å². The summed E-state index contributed by atoms with van der Waals surface area (Å²) >= 11 is 6.96. The van der Waals surface area contributed by atoms with E-state index in [1.807, 2.05) is 0 Å². The van der Waals surface area contributed by atoms with Gasteiger partial charge in [-0.05, 0) is 6.26 Å². The number of hydrogen-bond acceptors (Lipinski definition) is 4. The Hall–Kier alpha value is -0.260. The quantitative estimate of drug-likeness (QED) is 0.378. The van der Waals surface area contributed by atoms with Crippen molar-refractivity contribution in [2.45, 2.75) is 10.9 Å². The van der Waals surface area contributed by atoms with Crippen molar-refractivity contribution >= 4 is 35.6 Å². The van der Waals surface area contributed by atoms with Crippen molar-refractivity contribution in [3.05, 3.63) is 0 Å². The Morgan fingerprint density at radius 3 is 2.67 bits per heavy atom. The van der Waals surface area contributed by atoms with Gasteiger partial charge in [-0.3, -0.25) is 0 Å². The molecule has 0 rings (SSSR count). The van der Waals surface area contributed by atoms with Crippen LogP contribution in [0.4, 0.5) is 0 Å². The molecule has 4 nitrogen and oxygen atoms in total. The van der Waals surface area contributed by atoms with Crippen molar-refractivity contribution < 1.29 is 14.7 Å². The van der Waals surface area contributed by atoms with Crippen molar-refractivity contribution in [3.63, 3.8) is 0 Å². The molecule has 0 radical (unpaired) electrons. The number of carboxylic acids is 1. The number of hydrogen-bond donors (Lipinski definition) is 2. The number of nitrogens with two attached hydrogens (primary N) is 1. The fourth-order valence-electron chi connectivity index (χ4n) is 0.542. The fourth-order valence-corrected chi connectivity index (χ4v) is 1.63. The molecule has 0 aromatic heterocycles. The summed E-state index contributed by atoms with van der Waals surface area (Å²) in [7, 11) is 0. The summed E-state index contributed by atoms with van der Waals surface area (Å²) in [4.78, 5) is 20.9. The number of thioether (sulfide) groups is 1. The summed E-state index contributed by atoms with van der Waals surface area (Å²) in [5.74, 6) is -1.07. The predicted molar refractivity (Wildman–Crippen MR) is 48.6 cm³/mol. The van der Waals surface area contributed by atoms with Gasteiger partial charge in [-0.25, -0.2) is 4.79 Å². The van der Waals surface area contributed by atoms with Crippen LogP contribution in [0.5, 0.6) is 0 Å². The van der Waals surface area contributed by atoms with Crippen molar-refractivity contribution in [1.29, 1.82) is 0 Å². The smallest absolute Gasteiger partial charge is 0.332 e. The maximum atomic E-state index is 10.5. The molecule has 0 heterocycles. The van der Waals surface area contributed by atoms with E-state index in [-0.39, 0.29) is 6.29 Å². The first-order chi connectivity index (χ1) is 5.49. The number of halogens is 1. The zero-order valence-corrected chi connectivity index (χ0v) is 8.06. The highest BCUT2D eigenvalue weighted by molar-refractivity contribution is 7.98. The lowest BCUT2D eigenvalue weighted by molar-refractivity contribution is -0.145. The molecule has 0 bridgehead atoms. The number of aldehydes is 1. The van der Waals surface area contributed by atoms with Crippen LogP contribution >= 0.6 is 23.4 Å². The lowest BCUT2D eigenvalue weighted by atomic mass is 10.00. The topological polar surface area (TPSA) is 80.4 Å². The average molecular weight is 212 g/mol. The number of alkyl halides is 1. The largest absolute Gasteiger partial charge is 0.480 e. The monoisotopic (exact) mass is 211 g/mol. The Balaban J connectivity index is 4.50. The van der Waals surface area contributed by atoms with E-state index in [1.54, 1.807) is 6.26 Å². The van der Waals surface area contributed by atoms with Crippen molar-refractivity contribution in [2.24, 2.45) is 5.73 Å². The van der Waals surface area contributed by atoms with Gasteiger partial charge in [0, 0.05) is 5.75 Å². The molecule has 0 aromatic rings. The first-order valence-electron chi connectivity index (χ1n) is 3.10. The average Bonchev–Trinajstić information content (AvgIpc) is 2.03. The first kappa shape index (κ1) is 11.7. The minimum atomic E-state index is -1.97. The molecule has 0 saturated carbocycles. The molecule has 3 N–H and O–H groups in total. The Bertz CT molecular complexity index is 190. The molecule has 0 fully saturated rings. The number of rotatable bonds is 5. The van der Waals surface area contributed by atoms with Gasteiger partial charge < -0.3 is 15.6 Å². The molecule has 0 aromatic carbocycles. The molecular formula is C6H10ClNO3S. The van der Waals surface area contributed by atoms with E-state index in [9.17, 15) is 9.59 Å². The van der Waals surface area contributed by atoms with Crippen LogP contribution < -0.4 is 5.73 Å². The lowest BCUT2D eigenvalue weighted by Gasteiger charge is -2.22. The number of carbonyl (C=O) groups excluding carboxylic acids is 1. The summed E-state index contributed by atoms with van der Waals surface area (Å²) in [6.45, 7) is 0. The summed E-state index contributed by atoms with van der Waals surface area (Å²) in [6, 6.07) is 0. The normalized spacial score (nSPS) is 17.9. The van der Waals surface area contributed by atoms with Crippen LogP contribution in [0.25, 0.3) is 0 Å². The van der Waals surface area contributed by atoms with E-state index < -0.39 is 16.9 Å². The summed E-state index contributed by atoms with van der Waals surface area (Å²) in [6.07, 6.45) is 1.92. The van der Waals surface area contributed by atoms with E-state index in [0.717, 1.165) is 0 Å². The van der Waals surface area contributed by atoms with Crippen LogP contribution in [0, 0.1) is 0 Å². The highest BCUT2D eigenvalue weighted by Gasteiger charge is 2.41. The maximum Gasteiger partial charge on any atom is 0.332 e. The van der Waals surface area contributed by atoms with Crippen molar-refractivity contribution in [2.75, 3.05) is 12.0 Å². The Morgan fingerprint density at radius 2 is 2.42 bits per heavy atom. The van der Waals surface area contributed by atoms with Gasteiger partial charge >= 0.3 is 5.97 Å². The second-order valence-corrected chi connectivity index (χ2v) is 3.72. The molecule has 0 aliphatic carbocycles. The number of carbonyl (C=O) groups is 2. The maximum absolute atomic E-state index is 10.5. The SMILES string of the molecule is CSCC(Cl)C(N)(C=O)C(=O)O. The van der Waals surface area contributed by atoms with Gasteiger partial charge in [0.15, 0.2) is 11.8 Å².